The highest BCUT2D eigenvalue weighted by Crippen LogP contribution is 2.28. The van der Waals surface area contributed by atoms with Crippen molar-refractivity contribution in [3.05, 3.63) is 88.4 Å². The van der Waals surface area contributed by atoms with Crippen molar-refractivity contribution >= 4 is 50.7 Å². The van der Waals surface area contributed by atoms with Crippen LogP contribution in [-0.4, -0.2) is 50.4 Å². The average molecular weight is 621 g/mol. The Morgan fingerprint density at radius 2 is 1.51 bits per heavy atom. The molecule has 0 bridgehead atoms. The fourth-order valence-electron chi connectivity index (χ4n) is 4.03. The van der Waals surface area contributed by atoms with E-state index < -0.39 is 28.5 Å². The molecule has 0 fully saturated rings. The van der Waals surface area contributed by atoms with Crippen LogP contribution in [0.4, 0.5) is 5.69 Å². The van der Waals surface area contributed by atoms with Gasteiger partial charge in [0.05, 0.1) is 17.2 Å². The molecule has 2 atom stereocenters. The van der Waals surface area contributed by atoms with Gasteiger partial charge in [0.15, 0.2) is 0 Å². The summed E-state index contributed by atoms with van der Waals surface area (Å²) >= 11 is 12.8. The Labute approximate surface area is 252 Å². The van der Waals surface area contributed by atoms with Gasteiger partial charge >= 0.3 is 0 Å². The summed E-state index contributed by atoms with van der Waals surface area (Å²) in [6.45, 7) is 6.99. The van der Waals surface area contributed by atoms with Gasteiger partial charge in [-0.2, -0.15) is 0 Å². The molecule has 8 nitrogen and oxygen atoms in total. The molecule has 0 saturated heterocycles. The number of benzene rings is 3. The summed E-state index contributed by atoms with van der Waals surface area (Å²) in [6.07, 6.45) is 0.699. The molecule has 0 aliphatic heterocycles. The lowest BCUT2D eigenvalue weighted by Gasteiger charge is -2.32. The molecule has 0 spiro atoms. The molecule has 1 N–H and O–H groups in total. The highest BCUT2D eigenvalue weighted by Gasteiger charge is 2.33. The van der Waals surface area contributed by atoms with Gasteiger partial charge < -0.3 is 15.0 Å². The molecule has 2 unspecified atom stereocenters. The Kier molecular flexibility index (Phi) is 11.5. The van der Waals surface area contributed by atoms with Crippen molar-refractivity contribution in [1.29, 1.82) is 0 Å². The van der Waals surface area contributed by atoms with Gasteiger partial charge in [-0.15, -0.1) is 0 Å². The number of ether oxygens (including phenoxy) is 1. The second-order valence-electron chi connectivity index (χ2n) is 9.47. The summed E-state index contributed by atoms with van der Waals surface area (Å²) < 4.78 is 34.3. The van der Waals surface area contributed by atoms with Crippen LogP contribution in [-0.2, 0) is 26.2 Å². The van der Waals surface area contributed by atoms with E-state index in [-0.39, 0.29) is 23.4 Å². The van der Waals surface area contributed by atoms with Crippen molar-refractivity contribution in [3.8, 4) is 5.75 Å². The molecule has 3 aromatic carbocycles. The first-order valence-corrected chi connectivity index (χ1v) is 15.5. The summed E-state index contributed by atoms with van der Waals surface area (Å²) in [6, 6.07) is 18.2. The van der Waals surface area contributed by atoms with Crippen molar-refractivity contribution in [2.75, 3.05) is 17.5 Å². The van der Waals surface area contributed by atoms with Gasteiger partial charge in [0.2, 0.25) is 11.8 Å². The van der Waals surface area contributed by atoms with Crippen LogP contribution in [0.15, 0.2) is 77.7 Å². The van der Waals surface area contributed by atoms with Crippen LogP contribution in [0.3, 0.4) is 0 Å². The maximum absolute atomic E-state index is 14.0. The summed E-state index contributed by atoms with van der Waals surface area (Å²) in [5.74, 6) is -0.458. The van der Waals surface area contributed by atoms with Gasteiger partial charge in [0, 0.05) is 28.2 Å². The number of sulfonamides is 1. The van der Waals surface area contributed by atoms with Crippen LogP contribution < -0.4 is 14.4 Å². The van der Waals surface area contributed by atoms with E-state index in [0.717, 1.165) is 4.31 Å². The lowest BCUT2D eigenvalue weighted by molar-refractivity contribution is -0.139. The standard InChI is InChI=1S/C30H35Cl2N3O5S/c1-5-21(3)33-30(37)22(4)34(19-26-27(31)13-10-14-28(26)32)29(36)20-35(23-11-8-7-9-12-23)41(38,39)25-17-15-24(16-18-25)40-6-2/h7-18,21-22H,5-6,19-20H2,1-4H3,(H,33,37). The predicted molar refractivity (Wildman–Crippen MR) is 163 cm³/mol. The molecule has 11 heteroatoms. The topological polar surface area (TPSA) is 96.0 Å². The van der Waals surface area contributed by atoms with E-state index in [2.05, 4.69) is 5.32 Å². The van der Waals surface area contributed by atoms with Gasteiger partial charge in [0.25, 0.3) is 10.0 Å². The van der Waals surface area contributed by atoms with Gasteiger partial charge in [-0.25, -0.2) is 8.42 Å². The highest BCUT2D eigenvalue weighted by molar-refractivity contribution is 7.92. The molecule has 0 radical (unpaired) electrons. The van der Waals surface area contributed by atoms with Crippen molar-refractivity contribution < 1.29 is 22.7 Å². The number of hydrogen-bond donors (Lipinski definition) is 1. The van der Waals surface area contributed by atoms with E-state index in [9.17, 15) is 18.0 Å². The number of rotatable bonds is 13. The molecule has 3 rings (SSSR count). The number of amides is 2. The second-order valence-corrected chi connectivity index (χ2v) is 12.1. The zero-order chi connectivity index (χ0) is 30.2. The first kappa shape index (κ1) is 32.2. The largest absolute Gasteiger partial charge is 0.494 e. The van der Waals surface area contributed by atoms with Crippen LogP contribution in [0.2, 0.25) is 10.0 Å². The van der Waals surface area contributed by atoms with Crippen LogP contribution in [0.25, 0.3) is 0 Å². The van der Waals surface area contributed by atoms with Gasteiger partial charge in [-0.05, 0) is 75.7 Å². The average Bonchev–Trinajstić information content (AvgIpc) is 2.96. The Morgan fingerprint density at radius 1 is 0.902 bits per heavy atom. The van der Waals surface area contributed by atoms with Crippen molar-refractivity contribution in [1.82, 2.24) is 10.2 Å². The number of carbonyl (C=O) groups is 2. The van der Waals surface area contributed by atoms with Crippen molar-refractivity contribution in [3.63, 3.8) is 0 Å². The second kappa shape index (κ2) is 14.6. The fourth-order valence-corrected chi connectivity index (χ4v) is 5.96. The first-order valence-electron chi connectivity index (χ1n) is 13.3. The maximum Gasteiger partial charge on any atom is 0.264 e. The Bertz CT molecular complexity index is 1420. The molecule has 0 saturated carbocycles. The number of hydrogen-bond acceptors (Lipinski definition) is 5. The van der Waals surface area contributed by atoms with Gasteiger partial charge in [0.1, 0.15) is 18.3 Å². The minimum Gasteiger partial charge on any atom is -0.494 e. The lowest BCUT2D eigenvalue weighted by atomic mass is 10.1. The monoisotopic (exact) mass is 619 g/mol. The zero-order valence-corrected chi connectivity index (χ0v) is 25.8. The van der Waals surface area contributed by atoms with Gasteiger partial charge in [-0.1, -0.05) is 54.4 Å². The smallest absolute Gasteiger partial charge is 0.264 e. The normalized spacial score (nSPS) is 12.7. The molecule has 0 aliphatic carbocycles. The van der Waals surface area contributed by atoms with Crippen LogP contribution in [0.1, 0.15) is 39.7 Å². The Balaban J connectivity index is 2.03. The number of para-hydroxylation sites is 1. The summed E-state index contributed by atoms with van der Waals surface area (Å²) in [5.41, 5.74) is 0.746. The number of anilines is 1. The molecule has 0 aliphatic rings. The molecular formula is C30H35Cl2N3O5S. The Morgan fingerprint density at radius 3 is 2.07 bits per heavy atom. The SMILES string of the molecule is CCOc1ccc(S(=O)(=O)N(CC(=O)N(Cc2c(Cl)cccc2Cl)C(C)C(=O)NC(C)CC)c2ccccc2)cc1. The molecular weight excluding hydrogens is 585 g/mol. The van der Waals surface area contributed by atoms with E-state index >= 15 is 0 Å². The molecule has 0 aromatic heterocycles. The quantitative estimate of drug-likeness (QED) is 0.256. The van der Waals surface area contributed by atoms with Gasteiger partial charge in [-0.3, -0.25) is 13.9 Å². The molecule has 220 valence electrons. The minimum atomic E-state index is -4.19. The van der Waals surface area contributed by atoms with Crippen molar-refractivity contribution in [2.24, 2.45) is 0 Å². The first-order chi connectivity index (χ1) is 19.5. The summed E-state index contributed by atoms with van der Waals surface area (Å²) in [7, 11) is -4.19. The number of carbonyl (C=O) groups excluding carboxylic acids is 2. The fraction of sp³-hybridized carbons (Fsp3) is 0.333. The molecule has 0 heterocycles. The zero-order valence-electron chi connectivity index (χ0n) is 23.5. The van der Waals surface area contributed by atoms with Crippen LogP contribution in [0.5, 0.6) is 5.75 Å². The lowest BCUT2D eigenvalue weighted by Crippen LogP contribution is -2.52. The molecule has 3 aromatic rings. The Hall–Kier alpha value is -3.27. The van der Waals surface area contributed by atoms with Crippen LogP contribution >= 0.6 is 23.2 Å². The third-order valence-electron chi connectivity index (χ3n) is 6.60. The minimum absolute atomic E-state index is 0.0131. The van der Waals surface area contributed by atoms with E-state index in [1.54, 1.807) is 67.6 Å². The van der Waals surface area contributed by atoms with Crippen LogP contribution in [0, 0.1) is 0 Å². The number of nitrogens with one attached hydrogen (secondary N) is 1. The van der Waals surface area contributed by atoms with Crippen molar-refractivity contribution in [2.45, 2.75) is 57.6 Å². The molecule has 41 heavy (non-hydrogen) atoms. The van der Waals surface area contributed by atoms with E-state index in [4.69, 9.17) is 27.9 Å². The van der Waals surface area contributed by atoms with E-state index in [1.165, 1.54) is 17.0 Å². The maximum atomic E-state index is 14.0. The summed E-state index contributed by atoms with van der Waals surface area (Å²) in [4.78, 5) is 28.5. The third kappa shape index (κ3) is 8.15. The summed E-state index contributed by atoms with van der Waals surface area (Å²) in [5, 5.41) is 3.55. The molecule has 2 amide bonds. The van der Waals surface area contributed by atoms with E-state index in [0.29, 0.717) is 40.1 Å². The predicted octanol–water partition coefficient (Wildman–Crippen LogP) is 5.92. The highest BCUT2D eigenvalue weighted by atomic mass is 35.5. The van der Waals surface area contributed by atoms with E-state index in [1.807, 2.05) is 20.8 Å². The number of nitrogens with zero attached hydrogens (tertiary/aromatic N) is 2. The third-order valence-corrected chi connectivity index (χ3v) is 9.10. The number of halogens is 2.